The first kappa shape index (κ1) is 10.1. The lowest BCUT2D eigenvalue weighted by molar-refractivity contribution is -0.116. The number of carbonyl (C=O) groups excluding carboxylic acids is 1. The molecule has 13 heavy (non-hydrogen) atoms. The van der Waals surface area contributed by atoms with Crippen molar-refractivity contribution in [3.8, 4) is 11.8 Å². The zero-order valence-electron chi connectivity index (χ0n) is 8.12. The Bertz CT molecular complexity index is 211. The predicted octanol–water partition coefficient (Wildman–Crippen LogP) is 0.174. The van der Waals surface area contributed by atoms with E-state index in [0.29, 0.717) is 6.54 Å². The van der Waals surface area contributed by atoms with E-state index in [9.17, 15) is 4.79 Å². The van der Waals surface area contributed by atoms with Crippen LogP contribution in [0.3, 0.4) is 0 Å². The first-order valence-corrected chi connectivity index (χ1v) is 4.66. The molecule has 0 saturated carbocycles. The third kappa shape index (κ3) is 3.95. The van der Waals surface area contributed by atoms with Gasteiger partial charge in [-0.05, 0) is 25.9 Å². The minimum Gasteiger partial charge on any atom is -0.337 e. The molecule has 1 amide bonds. The van der Waals surface area contributed by atoms with Crippen molar-refractivity contribution in [3.05, 3.63) is 0 Å². The van der Waals surface area contributed by atoms with Crippen LogP contribution in [0.25, 0.3) is 0 Å². The fourth-order valence-corrected chi connectivity index (χ4v) is 1.33. The highest BCUT2D eigenvalue weighted by Gasteiger charge is 2.08. The third-order valence-electron chi connectivity index (χ3n) is 2.13. The number of hydrogen-bond donors (Lipinski definition) is 0. The average molecular weight is 180 g/mol. The monoisotopic (exact) mass is 180 g/mol. The fraction of sp³-hybridized carbons (Fsp3) is 0.700. The van der Waals surface area contributed by atoms with Crippen molar-refractivity contribution in [3.63, 3.8) is 0 Å². The van der Waals surface area contributed by atoms with Gasteiger partial charge in [-0.2, -0.15) is 0 Å². The van der Waals surface area contributed by atoms with Crippen molar-refractivity contribution < 1.29 is 4.79 Å². The molecule has 1 fully saturated rings. The number of hydrogen-bond acceptors (Lipinski definition) is 2. The Morgan fingerprint density at radius 3 is 2.69 bits per heavy atom. The third-order valence-corrected chi connectivity index (χ3v) is 2.13. The van der Waals surface area contributed by atoms with Gasteiger partial charge in [0.05, 0.1) is 13.1 Å². The SMILES string of the molecule is CN(C=O)CC#CCN1CCCC1. The van der Waals surface area contributed by atoms with Crippen molar-refractivity contribution in [2.45, 2.75) is 12.8 Å². The van der Waals surface area contributed by atoms with Gasteiger partial charge in [-0.15, -0.1) is 0 Å². The molecule has 1 saturated heterocycles. The Hall–Kier alpha value is -1.01. The normalized spacial score (nSPS) is 16.4. The van der Waals surface area contributed by atoms with Crippen LogP contribution in [-0.4, -0.2) is 49.4 Å². The van der Waals surface area contributed by atoms with Crippen LogP contribution >= 0.6 is 0 Å². The summed E-state index contributed by atoms with van der Waals surface area (Å²) in [6.07, 6.45) is 3.40. The Labute approximate surface area is 79.7 Å². The van der Waals surface area contributed by atoms with Crippen molar-refractivity contribution in [1.82, 2.24) is 9.80 Å². The minimum atomic E-state index is 0.539. The second-order valence-electron chi connectivity index (χ2n) is 3.36. The second-order valence-corrected chi connectivity index (χ2v) is 3.36. The molecule has 0 N–H and O–H groups in total. The number of amides is 1. The van der Waals surface area contributed by atoms with Crippen molar-refractivity contribution in [2.75, 3.05) is 33.2 Å². The molecule has 0 bridgehead atoms. The maximum absolute atomic E-state index is 10.2. The summed E-state index contributed by atoms with van der Waals surface area (Å²) < 4.78 is 0. The van der Waals surface area contributed by atoms with E-state index in [0.717, 1.165) is 13.0 Å². The summed E-state index contributed by atoms with van der Waals surface area (Å²) in [7, 11) is 1.73. The molecular weight excluding hydrogens is 164 g/mol. The van der Waals surface area contributed by atoms with Gasteiger partial charge >= 0.3 is 0 Å². The van der Waals surface area contributed by atoms with E-state index < -0.39 is 0 Å². The zero-order valence-corrected chi connectivity index (χ0v) is 8.12. The smallest absolute Gasteiger partial charge is 0.210 e. The summed E-state index contributed by atoms with van der Waals surface area (Å²) in [6, 6.07) is 0. The molecule has 3 nitrogen and oxygen atoms in total. The highest BCUT2D eigenvalue weighted by molar-refractivity contribution is 5.47. The largest absolute Gasteiger partial charge is 0.337 e. The quantitative estimate of drug-likeness (QED) is 0.457. The Balaban J connectivity index is 2.12. The van der Waals surface area contributed by atoms with Crippen LogP contribution in [0.15, 0.2) is 0 Å². The van der Waals surface area contributed by atoms with Gasteiger partial charge in [0.1, 0.15) is 0 Å². The van der Waals surface area contributed by atoms with Crippen molar-refractivity contribution in [2.24, 2.45) is 0 Å². The van der Waals surface area contributed by atoms with E-state index in [1.165, 1.54) is 30.8 Å². The minimum absolute atomic E-state index is 0.539. The van der Waals surface area contributed by atoms with Gasteiger partial charge in [0.15, 0.2) is 0 Å². The van der Waals surface area contributed by atoms with Crippen molar-refractivity contribution in [1.29, 1.82) is 0 Å². The van der Waals surface area contributed by atoms with Gasteiger partial charge in [-0.3, -0.25) is 9.69 Å². The number of rotatable bonds is 3. The fourth-order valence-electron chi connectivity index (χ4n) is 1.33. The first-order chi connectivity index (χ1) is 6.33. The van der Waals surface area contributed by atoms with Crippen LogP contribution in [0.2, 0.25) is 0 Å². The molecule has 0 atom stereocenters. The molecule has 72 valence electrons. The van der Waals surface area contributed by atoms with Crippen LogP contribution in [0, 0.1) is 11.8 Å². The lowest BCUT2D eigenvalue weighted by atomic mass is 10.4. The standard InChI is InChI=1S/C10H16N2O/c1-11(10-13)6-2-3-7-12-8-4-5-9-12/h10H,4-9H2,1H3. The zero-order chi connectivity index (χ0) is 9.52. The summed E-state index contributed by atoms with van der Waals surface area (Å²) >= 11 is 0. The molecule has 0 aromatic heterocycles. The second kappa shape index (κ2) is 5.60. The first-order valence-electron chi connectivity index (χ1n) is 4.66. The Kier molecular flexibility index (Phi) is 4.34. The topological polar surface area (TPSA) is 23.6 Å². The van der Waals surface area contributed by atoms with Crippen LogP contribution < -0.4 is 0 Å². The van der Waals surface area contributed by atoms with E-state index in [2.05, 4.69) is 16.7 Å². The van der Waals surface area contributed by atoms with Crippen LogP contribution in [0.5, 0.6) is 0 Å². The van der Waals surface area contributed by atoms with Gasteiger partial charge in [-0.25, -0.2) is 0 Å². The summed E-state index contributed by atoms with van der Waals surface area (Å²) in [5, 5.41) is 0. The van der Waals surface area contributed by atoms with E-state index in [1.54, 1.807) is 7.05 Å². The molecule has 0 aromatic rings. The van der Waals surface area contributed by atoms with Gasteiger partial charge in [0.2, 0.25) is 6.41 Å². The van der Waals surface area contributed by atoms with E-state index in [4.69, 9.17) is 0 Å². The van der Waals surface area contributed by atoms with Gasteiger partial charge in [0, 0.05) is 7.05 Å². The highest BCUT2D eigenvalue weighted by Crippen LogP contribution is 2.05. The molecule has 1 aliphatic rings. The van der Waals surface area contributed by atoms with E-state index in [-0.39, 0.29) is 0 Å². The van der Waals surface area contributed by atoms with Crippen molar-refractivity contribution >= 4 is 6.41 Å². The molecule has 0 aliphatic carbocycles. The molecule has 1 rings (SSSR count). The van der Waals surface area contributed by atoms with E-state index in [1.807, 2.05) is 0 Å². The molecule has 0 radical (unpaired) electrons. The maximum atomic E-state index is 10.2. The van der Waals surface area contributed by atoms with Gasteiger partial charge < -0.3 is 4.90 Å². The molecule has 1 heterocycles. The summed E-state index contributed by atoms with van der Waals surface area (Å²) in [5.74, 6) is 6.03. The van der Waals surface area contributed by atoms with Crippen LogP contribution in [-0.2, 0) is 4.79 Å². The molecule has 0 spiro atoms. The lowest BCUT2D eigenvalue weighted by Crippen LogP contribution is -2.20. The Morgan fingerprint density at radius 2 is 2.08 bits per heavy atom. The predicted molar refractivity (Wildman–Crippen MR) is 52.1 cm³/mol. The van der Waals surface area contributed by atoms with Crippen LogP contribution in [0.4, 0.5) is 0 Å². The lowest BCUT2D eigenvalue weighted by Gasteiger charge is -2.08. The van der Waals surface area contributed by atoms with Gasteiger partial charge in [0.25, 0.3) is 0 Å². The number of likely N-dealkylation sites (tertiary alicyclic amines) is 1. The number of nitrogens with zero attached hydrogens (tertiary/aromatic N) is 2. The molecular formula is C10H16N2O. The number of carbonyl (C=O) groups is 1. The molecule has 1 aliphatic heterocycles. The molecule has 0 aromatic carbocycles. The highest BCUT2D eigenvalue weighted by atomic mass is 16.1. The summed E-state index contributed by atoms with van der Waals surface area (Å²) in [5.41, 5.74) is 0. The maximum Gasteiger partial charge on any atom is 0.210 e. The summed E-state index contributed by atoms with van der Waals surface area (Å²) in [4.78, 5) is 14.1. The molecule has 3 heteroatoms. The van der Waals surface area contributed by atoms with E-state index >= 15 is 0 Å². The Morgan fingerprint density at radius 1 is 1.38 bits per heavy atom. The summed E-state index contributed by atoms with van der Waals surface area (Å²) in [6.45, 7) is 3.75. The molecule has 0 unspecified atom stereocenters. The average Bonchev–Trinajstić information content (AvgIpc) is 2.64. The van der Waals surface area contributed by atoms with Gasteiger partial charge in [-0.1, -0.05) is 11.8 Å². The van der Waals surface area contributed by atoms with Crippen LogP contribution in [0.1, 0.15) is 12.8 Å².